The average Bonchev–Trinajstić information content (AvgIpc) is 2.71. The molecule has 0 radical (unpaired) electrons. The topological polar surface area (TPSA) is 73.5 Å². The molecule has 0 unspecified atom stereocenters. The van der Waals surface area contributed by atoms with Gasteiger partial charge < -0.3 is 5.32 Å². The van der Waals surface area contributed by atoms with Gasteiger partial charge in [-0.05, 0) is 48.7 Å². The fraction of sp³-hybridized carbons (Fsp3) is 0.455. The minimum Gasteiger partial charge on any atom is -0.317 e. The van der Waals surface area contributed by atoms with Crippen molar-refractivity contribution in [2.75, 3.05) is 32.7 Å². The maximum Gasteiger partial charge on any atom is 0.261 e. The van der Waals surface area contributed by atoms with Crippen LogP contribution in [0.4, 0.5) is 0 Å². The van der Waals surface area contributed by atoms with Gasteiger partial charge in [0.1, 0.15) is 0 Å². The summed E-state index contributed by atoms with van der Waals surface area (Å²) in [5.41, 5.74) is 7.86. The van der Waals surface area contributed by atoms with E-state index in [1.54, 1.807) is 0 Å². The Morgan fingerprint density at radius 1 is 0.929 bits per heavy atom. The Morgan fingerprint density at radius 3 is 2.57 bits per heavy atom. The smallest absolute Gasteiger partial charge is 0.261 e. The van der Waals surface area contributed by atoms with Crippen LogP contribution >= 0.6 is 0 Å². The summed E-state index contributed by atoms with van der Waals surface area (Å²) in [5.74, 6) is -0.256. The number of hydrazine groups is 1. The number of amides is 2. The minimum atomic E-state index is -0.158. The largest absolute Gasteiger partial charge is 0.317 e. The van der Waals surface area contributed by atoms with Gasteiger partial charge in [-0.15, -0.1) is 0 Å². The number of nitrogens with one attached hydrogen (secondary N) is 3. The lowest BCUT2D eigenvalue weighted by molar-refractivity contribution is -0.128. The molecule has 150 valence electrons. The van der Waals surface area contributed by atoms with Gasteiger partial charge in [-0.1, -0.05) is 43.3 Å². The molecule has 3 rings (SSSR count). The summed E-state index contributed by atoms with van der Waals surface area (Å²) in [6.45, 7) is 6.19. The van der Waals surface area contributed by atoms with Crippen LogP contribution in [-0.4, -0.2) is 49.4 Å². The summed E-state index contributed by atoms with van der Waals surface area (Å²) in [6, 6.07) is 11.8. The summed E-state index contributed by atoms with van der Waals surface area (Å²) in [6.07, 6.45) is 3.20. The molecule has 0 aliphatic carbocycles. The van der Waals surface area contributed by atoms with Crippen LogP contribution < -0.4 is 16.2 Å². The molecule has 28 heavy (non-hydrogen) atoms. The molecule has 0 aromatic heterocycles. The number of hydrogen-bond acceptors (Lipinski definition) is 5. The normalized spacial score (nSPS) is 14.0. The van der Waals surface area contributed by atoms with Crippen LogP contribution in [0.5, 0.6) is 0 Å². The van der Waals surface area contributed by atoms with Gasteiger partial charge in [0.25, 0.3) is 5.91 Å². The Hall–Kier alpha value is -2.28. The zero-order chi connectivity index (χ0) is 19.8. The van der Waals surface area contributed by atoms with E-state index >= 15 is 0 Å². The summed E-state index contributed by atoms with van der Waals surface area (Å²) in [4.78, 5) is 26.9. The number of benzene rings is 2. The highest BCUT2D eigenvalue weighted by Crippen LogP contribution is 2.28. The van der Waals surface area contributed by atoms with Crippen LogP contribution in [-0.2, 0) is 11.2 Å². The third-order valence-corrected chi connectivity index (χ3v) is 5.01. The monoisotopic (exact) mass is 382 g/mol. The molecule has 3 N–H and O–H groups in total. The third kappa shape index (κ3) is 4.95. The first kappa shape index (κ1) is 20.5. The highest BCUT2D eigenvalue weighted by atomic mass is 16.2. The first-order valence-corrected chi connectivity index (χ1v) is 10.2. The van der Waals surface area contributed by atoms with E-state index in [-0.39, 0.29) is 11.8 Å². The van der Waals surface area contributed by atoms with E-state index in [0.29, 0.717) is 18.5 Å². The number of nitrogens with zero attached hydrogens (tertiary/aromatic N) is 1. The van der Waals surface area contributed by atoms with Crippen molar-refractivity contribution >= 4 is 22.6 Å². The van der Waals surface area contributed by atoms with Gasteiger partial charge in [-0.25, -0.2) is 0 Å². The Labute approximate surface area is 166 Å². The first-order valence-electron chi connectivity index (χ1n) is 10.2. The lowest BCUT2D eigenvalue weighted by Gasteiger charge is -2.28. The Balaban J connectivity index is 1.48. The molecule has 0 bridgehead atoms. The zero-order valence-corrected chi connectivity index (χ0v) is 16.6. The average molecular weight is 383 g/mol. The van der Waals surface area contributed by atoms with Gasteiger partial charge in [-0.3, -0.25) is 25.3 Å². The highest BCUT2D eigenvalue weighted by Gasteiger charge is 2.31. The van der Waals surface area contributed by atoms with E-state index in [1.807, 2.05) is 36.4 Å². The predicted molar refractivity (Wildman–Crippen MR) is 112 cm³/mol. The number of fused-ring (bicyclic) bond motifs is 3. The predicted octanol–water partition coefficient (Wildman–Crippen LogP) is 2.24. The van der Waals surface area contributed by atoms with E-state index in [1.165, 1.54) is 4.90 Å². The molecule has 0 spiro atoms. The number of rotatable bonds is 11. The molecule has 0 saturated carbocycles. The molecule has 1 aliphatic heterocycles. The molecule has 1 aliphatic rings. The molecule has 1 heterocycles. The van der Waals surface area contributed by atoms with Crippen molar-refractivity contribution < 1.29 is 9.59 Å². The van der Waals surface area contributed by atoms with Crippen molar-refractivity contribution in [2.24, 2.45) is 0 Å². The van der Waals surface area contributed by atoms with Crippen LogP contribution in [0.25, 0.3) is 10.8 Å². The summed E-state index contributed by atoms with van der Waals surface area (Å²) < 4.78 is 0. The molecule has 0 atom stereocenters. The van der Waals surface area contributed by atoms with E-state index in [9.17, 15) is 9.59 Å². The number of imide groups is 1. The molecule has 6 heteroatoms. The Kier molecular flexibility index (Phi) is 7.54. The van der Waals surface area contributed by atoms with Gasteiger partial charge in [0.05, 0.1) is 12.0 Å². The molecule has 0 saturated heterocycles. The second kappa shape index (κ2) is 10.3. The van der Waals surface area contributed by atoms with Gasteiger partial charge in [0.2, 0.25) is 5.91 Å². The molecular formula is C22H30N4O2. The highest BCUT2D eigenvalue weighted by molar-refractivity contribution is 6.16. The quantitative estimate of drug-likeness (QED) is 0.316. The fourth-order valence-corrected chi connectivity index (χ4v) is 3.54. The molecular weight excluding hydrogens is 352 g/mol. The van der Waals surface area contributed by atoms with Gasteiger partial charge in [0, 0.05) is 19.6 Å². The fourth-order valence-electron chi connectivity index (χ4n) is 3.54. The first-order chi connectivity index (χ1) is 13.7. The van der Waals surface area contributed by atoms with Crippen molar-refractivity contribution in [2.45, 2.75) is 32.6 Å². The van der Waals surface area contributed by atoms with Crippen LogP contribution in [0.3, 0.4) is 0 Å². The van der Waals surface area contributed by atoms with E-state index in [2.05, 4.69) is 23.1 Å². The second-order valence-electron chi connectivity index (χ2n) is 7.16. The maximum atomic E-state index is 13.0. The van der Waals surface area contributed by atoms with E-state index in [0.717, 1.165) is 61.8 Å². The van der Waals surface area contributed by atoms with Crippen LogP contribution in [0.15, 0.2) is 36.4 Å². The zero-order valence-electron chi connectivity index (χ0n) is 16.6. The molecule has 2 amide bonds. The molecule has 6 nitrogen and oxygen atoms in total. The summed E-state index contributed by atoms with van der Waals surface area (Å²) in [7, 11) is 0. The maximum absolute atomic E-state index is 13.0. The molecule has 2 aromatic carbocycles. The van der Waals surface area contributed by atoms with E-state index in [4.69, 9.17) is 0 Å². The van der Waals surface area contributed by atoms with Gasteiger partial charge >= 0.3 is 0 Å². The van der Waals surface area contributed by atoms with Crippen LogP contribution in [0.2, 0.25) is 0 Å². The van der Waals surface area contributed by atoms with Crippen molar-refractivity contribution in [3.05, 3.63) is 47.5 Å². The van der Waals surface area contributed by atoms with Gasteiger partial charge in [-0.2, -0.15) is 0 Å². The van der Waals surface area contributed by atoms with Gasteiger partial charge in [0.15, 0.2) is 0 Å². The van der Waals surface area contributed by atoms with Crippen molar-refractivity contribution in [1.82, 2.24) is 21.1 Å². The van der Waals surface area contributed by atoms with Crippen molar-refractivity contribution in [3.63, 3.8) is 0 Å². The Morgan fingerprint density at radius 2 is 1.71 bits per heavy atom. The number of hydrogen-bond donors (Lipinski definition) is 3. The minimum absolute atomic E-state index is 0.0982. The number of carbonyl (C=O) groups is 2. The van der Waals surface area contributed by atoms with Crippen molar-refractivity contribution in [3.8, 4) is 0 Å². The van der Waals surface area contributed by atoms with Crippen molar-refractivity contribution in [1.29, 1.82) is 0 Å². The lowest BCUT2D eigenvalue weighted by atomic mass is 9.92. The Bertz CT molecular complexity index is 821. The summed E-state index contributed by atoms with van der Waals surface area (Å²) in [5, 5.41) is 5.35. The van der Waals surface area contributed by atoms with Crippen LogP contribution in [0.1, 0.15) is 42.1 Å². The summed E-state index contributed by atoms with van der Waals surface area (Å²) >= 11 is 0. The standard InChI is InChI=1S/C22H30N4O2/c1-2-11-24-25-14-5-12-23-13-6-15-26-20(27)16-18-10-9-17-7-3-4-8-19(17)21(18)22(26)28/h3-4,7-10,23-25H,2,5-6,11-16H2,1H3. The SMILES string of the molecule is CCCNNCCCNCCCN1C(=O)Cc2ccc3ccccc3c2C1=O. The third-order valence-electron chi connectivity index (χ3n) is 5.01. The lowest BCUT2D eigenvalue weighted by Crippen LogP contribution is -2.43. The molecule has 0 fully saturated rings. The number of carbonyl (C=O) groups excluding carboxylic acids is 2. The van der Waals surface area contributed by atoms with E-state index < -0.39 is 0 Å². The second-order valence-corrected chi connectivity index (χ2v) is 7.16. The molecule has 2 aromatic rings. The van der Waals surface area contributed by atoms with Crippen LogP contribution in [0, 0.1) is 0 Å².